The number of rotatable bonds is 6. The average Bonchev–Trinajstić information content (AvgIpc) is 2.67. The van der Waals surface area contributed by atoms with Crippen LogP contribution >= 0.6 is 0 Å². The molecule has 128 valence electrons. The Hall–Kier alpha value is -2.04. The fourth-order valence-corrected chi connectivity index (χ4v) is 3.28. The van der Waals surface area contributed by atoms with Gasteiger partial charge in [-0.25, -0.2) is 0 Å². The Morgan fingerprint density at radius 3 is 2.54 bits per heavy atom. The van der Waals surface area contributed by atoms with E-state index in [0.717, 1.165) is 38.5 Å². The van der Waals surface area contributed by atoms with Crippen LogP contribution < -0.4 is 15.0 Å². The van der Waals surface area contributed by atoms with Gasteiger partial charge in [0.25, 0.3) is 0 Å². The van der Waals surface area contributed by atoms with Crippen LogP contribution in [0.25, 0.3) is 0 Å². The molecule has 0 saturated carbocycles. The summed E-state index contributed by atoms with van der Waals surface area (Å²) in [5, 5.41) is 3.43. The number of piperazine rings is 1. The highest BCUT2D eigenvalue weighted by Crippen LogP contribution is 2.28. The van der Waals surface area contributed by atoms with Gasteiger partial charge in [-0.2, -0.15) is 0 Å². The van der Waals surface area contributed by atoms with Gasteiger partial charge in [-0.15, -0.1) is 0 Å². The molecule has 24 heavy (non-hydrogen) atoms. The van der Waals surface area contributed by atoms with Crippen LogP contribution in [0.5, 0.6) is 5.75 Å². The quantitative estimate of drug-likeness (QED) is 0.884. The summed E-state index contributed by atoms with van der Waals surface area (Å²) in [5.74, 6) is 0.916. The van der Waals surface area contributed by atoms with E-state index in [-0.39, 0.29) is 0 Å². The first kappa shape index (κ1) is 16.8. The van der Waals surface area contributed by atoms with Gasteiger partial charge in [0.15, 0.2) is 0 Å². The van der Waals surface area contributed by atoms with E-state index in [1.807, 2.05) is 6.07 Å². The minimum Gasteiger partial charge on any atom is -0.497 e. The average molecular weight is 325 g/mol. The molecule has 1 saturated heterocycles. The van der Waals surface area contributed by atoms with Crippen LogP contribution in [0, 0.1) is 0 Å². The number of methoxy groups -OCH3 is 1. The van der Waals surface area contributed by atoms with Gasteiger partial charge in [0.05, 0.1) is 13.2 Å². The second-order valence-corrected chi connectivity index (χ2v) is 6.29. The van der Waals surface area contributed by atoms with E-state index >= 15 is 0 Å². The van der Waals surface area contributed by atoms with E-state index in [0.29, 0.717) is 6.04 Å². The Morgan fingerprint density at radius 2 is 1.83 bits per heavy atom. The van der Waals surface area contributed by atoms with E-state index in [1.54, 1.807) is 7.11 Å². The Labute approximate surface area is 145 Å². The maximum absolute atomic E-state index is 5.44. The van der Waals surface area contributed by atoms with Crippen molar-refractivity contribution in [2.24, 2.45) is 0 Å². The zero-order chi connectivity index (χ0) is 16.8. The first-order chi connectivity index (χ1) is 11.8. The molecule has 0 spiro atoms. The summed E-state index contributed by atoms with van der Waals surface area (Å²) in [7, 11) is 3.91. The molecule has 1 aliphatic heterocycles. The first-order valence-electron chi connectivity index (χ1n) is 8.63. The predicted octanol–water partition coefficient (Wildman–Crippen LogP) is 2.78. The standard InChI is InChI=1S/C20H27N3O/c1-22(18-8-4-3-5-9-18)20(16-23-13-11-21-12-14-23)17-7-6-10-19(15-17)24-2/h3-10,15,20-21H,11-14,16H2,1-2H3. The molecule has 1 atom stereocenters. The summed E-state index contributed by atoms with van der Waals surface area (Å²) in [6.07, 6.45) is 0. The molecule has 1 heterocycles. The monoisotopic (exact) mass is 325 g/mol. The number of para-hydroxylation sites is 1. The molecule has 1 fully saturated rings. The highest BCUT2D eigenvalue weighted by atomic mass is 16.5. The molecule has 2 aromatic carbocycles. The molecular formula is C20H27N3O. The summed E-state index contributed by atoms with van der Waals surface area (Å²) in [5.41, 5.74) is 2.53. The van der Waals surface area contributed by atoms with Gasteiger partial charge in [-0.1, -0.05) is 30.3 Å². The third kappa shape index (κ3) is 4.08. The summed E-state index contributed by atoms with van der Waals surface area (Å²) in [6, 6.07) is 19.3. The predicted molar refractivity (Wildman–Crippen MR) is 99.9 cm³/mol. The molecular weight excluding hydrogens is 298 g/mol. The number of hydrogen-bond acceptors (Lipinski definition) is 4. The van der Waals surface area contributed by atoms with E-state index in [4.69, 9.17) is 4.74 Å². The molecule has 0 aromatic heterocycles. The molecule has 0 bridgehead atoms. The van der Waals surface area contributed by atoms with Crippen molar-refractivity contribution in [1.29, 1.82) is 0 Å². The minimum atomic E-state index is 0.292. The van der Waals surface area contributed by atoms with Crippen molar-refractivity contribution < 1.29 is 4.74 Å². The zero-order valence-electron chi connectivity index (χ0n) is 14.6. The highest BCUT2D eigenvalue weighted by molar-refractivity contribution is 5.48. The SMILES string of the molecule is COc1cccc(C(CN2CCNCC2)N(C)c2ccccc2)c1. The van der Waals surface area contributed by atoms with Gasteiger partial charge < -0.3 is 15.0 Å². The third-order valence-corrected chi connectivity index (χ3v) is 4.75. The topological polar surface area (TPSA) is 27.7 Å². The van der Waals surface area contributed by atoms with Crippen LogP contribution in [-0.4, -0.2) is 51.8 Å². The van der Waals surface area contributed by atoms with Crippen LogP contribution in [0.3, 0.4) is 0 Å². The highest BCUT2D eigenvalue weighted by Gasteiger charge is 2.22. The number of ether oxygens (including phenoxy) is 1. The summed E-state index contributed by atoms with van der Waals surface area (Å²) >= 11 is 0. The number of likely N-dealkylation sites (N-methyl/N-ethyl adjacent to an activating group) is 1. The molecule has 0 aliphatic carbocycles. The number of anilines is 1. The Bertz CT molecular complexity index is 626. The second kappa shape index (κ2) is 8.18. The summed E-state index contributed by atoms with van der Waals surface area (Å²) in [4.78, 5) is 4.91. The number of hydrogen-bond donors (Lipinski definition) is 1. The van der Waals surface area contributed by atoms with Crippen molar-refractivity contribution in [2.75, 3.05) is 51.8 Å². The maximum atomic E-state index is 5.44. The Kier molecular flexibility index (Phi) is 5.72. The normalized spacial score (nSPS) is 16.6. The van der Waals surface area contributed by atoms with Crippen LogP contribution in [0.2, 0.25) is 0 Å². The smallest absolute Gasteiger partial charge is 0.119 e. The van der Waals surface area contributed by atoms with Crippen LogP contribution in [0.15, 0.2) is 54.6 Å². The van der Waals surface area contributed by atoms with Gasteiger partial charge in [0, 0.05) is 45.5 Å². The molecule has 4 heteroatoms. The van der Waals surface area contributed by atoms with E-state index in [1.165, 1.54) is 11.3 Å². The molecule has 0 radical (unpaired) electrons. The molecule has 1 aliphatic rings. The number of nitrogens with zero attached hydrogens (tertiary/aromatic N) is 2. The Balaban J connectivity index is 1.87. The number of benzene rings is 2. The van der Waals surface area contributed by atoms with Gasteiger partial charge in [-0.05, 0) is 29.8 Å². The molecule has 4 nitrogen and oxygen atoms in total. The largest absolute Gasteiger partial charge is 0.497 e. The van der Waals surface area contributed by atoms with Crippen molar-refractivity contribution >= 4 is 5.69 Å². The number of nitrogens with one attached hydrogen (secondary N) is 1. The lowest BCUT2D eigenvalue weighted by atomic mass is 10.0. The van der Waals surface area contributed by atoms with Gasteiger partial charge in [-0.3, -0.25) is 4.90 Å². The van der Waals surface area contributed by atoms with Crippen molar-refractivity contribution in [3.8, 4) is 5.75 Å². The summed E-state index contributed by atoms with van der Waals surface area (Å²) in [6.45, 7) is 5.35. The molecule has 2 aromatic rings. The fourth-order valence-electron chi connectivity index (χ4n) is 3.28. The molecule has 1 unspecified atom stereocenters. The second-order valence-electron chi connectivity index (χ2n) is 6.29. The van der Waals surface area contributed by atoms with Crippen LogP contribution in [-0.2, 0) is 0 Å². The first-order valence-corrected chi connectivity index (χ1v) is 8.63. The lowest BCUT2D eigenvalue weighted by Crippen LogP contribution is -2.47. The van der Waals surface area contributed by atoms with Crippen molar-refractivity contribution in [2.45, 2.75) is 6.04 Å². The molecule has 3 rings (SSSR count). The summed E-state index contributed by atoms with van der Waals surface area (Å²) < 4.78 is 5.44. The zero-order valence-corrected chi connectivity index (χ0v) is 14.6. The lowest BCUT2D eigenvalue weighted by Gasteiger charge is -2.36. The third-order valence-electron chi connectivity index (χ3n) is 4.75. The molecule has 0 amide bonds. The van der Waals surface area contributed by atoms with E-state index < -0.39 is 0 Å². The molecule has 1 N–H and O–H groups in total. The van der Waals surface area contributed by atoms with Crippen molar-refractivity contribution in [1.82, 2.24) is 10.2 Å². The minimum absolute atomic E-state index is 0.292. The Morgan fingerprint density at radius 1 is 1.08 bits per heavy atom. The van der Waals surface area contributed by atoms with Gasteiger partial charge in [0.1, 0.15) is 5.75 Å². The van der Waals surface area contributed by atoms with Crippen molar-refractivity contribution in [3.63, 3.8) is 0 Å². The maximum Gasteiger partial charge on any atom is 0.119 e. The van der Waals surface area contributed by atoms with E-state index in [2.05, 4.69) is 70.7 Å². The van der Waals surface area contributed by atoms with Crippen LogP contribution in [0.1, 0.15) is 11.6 Å². The van der Waals surface area contributed by atoms with E-state index in [9.17, 15) is 0 Å². The lowest BCUT2D eigenvalue weighted by molar-refractivity contribution is 0.226. The van der Waals surface area contributed by atoms with Crippen LogP contribution in [0.4, 0.5) is 5.69 Å². The van der Waals surface area contributed by atoms with Crippen molar-refractivity contribution in [3.05, 3.63) is 60.2 Å². The fraction of sp³-hybridized carbons (Fsp3) is 0.400. The van der Waals surface area contributed by atoms with Gasteiger partial charge >= 0.3 is 0 Å². The van der Waals surface area contributed by atoms with Gasteiger partial charge in [0.2, 0.25) is 0 Å².